The van der Waals surface area contributed by atoms with Crippen LogP contribution in [0.25, 0.3) is 0 Å². The summed E-state index contributed by atoms with van der Waals surface area (Å²) < 4.78 is 31.3. The lowest BCUT2D eigenvalue weighted by atomic mass is 10.2. The molecule has 0 unspecified atom stereocenters. The minimum atomic E-state index is -3.42. The number of alkyl halides is 2. The number of halogens is 2. The summed E-state index contributed by atoms with van der Waals surface area (Å²) in [6.45, 7) is -1.34. The van der Waals surface area contributed by atoms with Crippen molar-refractivity contribution < 1.29 is 23.4 Å². The molecule has 0 bridgehead atoms. The van der Waals surface area contributed by atoms with Crippen LogP contribution in [0.3, 0.4) is 0 Å². The zero-order chi connectivity index (χ0) is 11.6. The largest absolute Gasteiger partial charge is 0.464 e. The highest BCUT2D eigenvalue weighted by Gasteiger charge is 2.35. The van der Waals surface area contributed by atoms with Crippen LogP contribution in [0.2, 0.25) is 0 Å². The average Bonchev–Trinajstić information content (AvgIpc) is 2.60. The Labute approximate surface area is 84.3 Å². The SMILES string of the molecule is COC(=O)c1cc(C(F)(F)CO)n(C)n1. The van der Waals surface area contributed by atoms with E-state index >= 15 is 0 Å². The lowest BCUT2D eigenvalue weighted by Crippen LogP contribution is -2.22. The highest BCUT2D eigenvalue weighted by Crippen LogP contribution is 2.27. The predicted molar refractivity (Wildman–Crippen MR) is 45.5 cm³/mol. The third-order valence-corrected chi connectivity index (χ3v) is 1.85. The summed E-state index contributed by atoms with van der Waals surface area (Å²) in [6, 6.07) is 0.891. The van der Waals surface area contributed by atoms with Crippen molar-refractivity contribution in [1.29, 1.82) is 0 Å². The van der Waals surface area contributed by atoms with Crippen LogP contribution in [-0.4, -0.2) is 34.6 Å². The van der Waals surface area contributed by atoms with Gasteiger partial charge in [-0.3, -0.25) is 4.68 Å². The van der Waals surface area contributed by atoms with Crippen LogP contribution < -0.4 is 0 Å². The van der Waals surface area contributed by atoms with E-state index in [0.717, 1.165) is 17.9 Å². The van der Waals surface area contributed by atoms with Gasteiger partial charge in [-0.05, 0) is 0 Å². The third kappa shape index (κ3) is 2.12. The summed E-state index contributed by atoms with van der Waals surface area (Å²) in [4.78, 5) is 11.0. The van der Waals surface area contributed by atoms with Crippen LogP contribution in [0.5, 0.6) is 0 Å². The maximum Gasteiger partial charge on any atom is 0.358 e. The van der Waals surface area contributed by atoms with Crippen molar-refractivity contribution in [2.45, 2.75) is 5.92 Å². The first-order valence-corrected chi connectivity index (χ1v) is 4.04. The molecule has 84 valence electrons. The van der Waals surface area contributed by atoms with Crippen molar-refractivity contribution >= 4 is 5.97 Å². The second-order valence-electron chi connectivity index (χ2n) is 2.89. The van der Waals surface area contributed by atoms with Gasteiger partial charge >= 0.3 is 11.9 Å². The third-order valence-electron chi connectivity index (χ3n) is 1.85. The zero-order valence-corrected chi connectivity index (χ0v) is 8.20. The van der Waals surface area contributed by atoms with Gasteiger partial charge in [-0.2, -0.15) is 13.9 Å². The van der Waals surface area contributed by atoms with E-state index in [-0.39, 0.29) is 5.69 Å². The number of nitrogens with zero attached hydrogens (tertiary/aromatic N) is 2. The first-order chi connectivity index (χ1) is 6.92. The van der Waals surface area contributed by atoms with Crippen molar-refractivity contribution in [3.8, 4) is 0 Å². The highest BCUT2D eigenvalue weighted by molar-refractivity contribution is 5.87. The lowest BCUT2D eigenvalue weighted by molar-refractivity contribution is -0.0620. The first-order valence-electron chi connectivity index (χ1n) is 4.04. The van der Waals surface area contributed by atoms with Crippen molar-refractivity contribution in [3.63, 3.8) is 0 Å². The quantitative estimate of drug-likeness (QED) is 0.743. The van der Waals surface area contributed by atoms with Crippen molar-refractivity contribution in [2.75, 3.05) is 13.7 Å². The highest BCUT2D eigenvalue weighted by atomic mass is 19.3. The summed E-state index contributed by atoms with van der Waals surface area (Å²) in [6.07, 6.45) is 0. The van der Waals surface area contributed by atoms with Gasteiger partial charge in [-0.25, -0.2) is 4.79 Å². The molecule has 1 aromatic heterocycles. The van der Waals surface area contributed by atoms with Crippen LogP contribution in [0.1, 0.15) is 16.2 Å². The zero-order valence-electron chi connectivity index (χ0n) is 8.20. The molecule has 0 saturated heterocycles. The van der Waals surface area contributed by atoms with E-state index in [4.69, 9.17) is 5.11 Å². The summed E-state index contributed by atoms with van der Waals surface area (Å²) in [5.41, 5.74) is -0.756. The molecule has 0 amide bonds. The fourth-order valence-corrected chi connectivity index (χ4v) is 1.09. The van der Waals surface area contributed by atoms with Crippen LogP contribution in [0, 0.1) is 0 Å². The molecule has 15 heavy (non-hydrogen) atoms. The molecule has 5 nitrogen and oxygen atoms in total. The maximum atomic E-state index is 13.1. The number of rotatable bonds is 3. The molecule has 0 saturated carbocycles. The Balaban J connectivity index is 3.12. The van der Waals surface area contributed by atoms with Gasteiger partial charge in [0.25, 0.3) is 0 Å². The molecule has 0 fully saturated rings. The predicted octanol–water partition coefficient (Wildman–Crippen LogP) is 0.291. The molecule has 1 aromatic rings. The Kier molecular flexibility index (Phi) is 3.04. The number of methoxy groups -OCH3 is 1. The van der Waals surface area contributed by atoms with E-state index in [2.05, 4.69) is 9.84 Å². The van der Waals surface area contributed by atoms with Gasteiger partial charge in [-0.15, -0.1) is 0 Å². The summed E-state index contributed by atoms with van der Waals surface area (Å²) in [5.74, 6) is -4.22. The molecule has 0 spiro atoms. The van der Waals surface area contributed by atoms with E-state index < -0.39 is 24.2 Å². The van der Waals surface area contributed by atoms with Gasteiger partial charge in [0.1, 0.15) is 12.3 Å². The molecule has 0 aliphatic heterocycles. The molecule has 7 heteroatoms. The Morgan fingerprint density at radius 3 is 2.80 bits per heavy atom. The topological polar surface area (TPSA) is 64.3 Å². The van der Waals surface area contributed by atoms with Gasteiger partial charge in [0.2, 0.25) is 0 Å². The second-order valence-corrected chi connectivity index (χ2v) is 2.89. The van der Waals surface area contributed by atoms with Crippen LogP contribution in [0.15, 0.2) is 6.07 Å². The summed E-state index contributed by atoms with van der Waals surface area (Å²) >= 11 is 0. The van der Waals surface area contributed by atoms with Crippen molar-refractivity contribution in [2.24, 2.45) is 7.05 Å². The van der Waals surface area contributed by atoms with Crippen LogP contribution in [-0.2, 0) is 17.7 Å². The summed E-state index contributed by atoms with van der Waals surface area (Å²) in [5, 5.41) is 12.0. The molecule has 0 atom stereocenters. The maximum absolute atomic E-state index is 13.1. The minimum absolute atomic E-state index is 0.219. The van der Waals surface area contributed by atoms with E-state index in [9.17, 15) is 13.6 Å². The normalized spacial score (nSPS) is 11.5. The molecule has 0 aromatic carbocycles. The fraction of sp³-hybridized carbons (Fsp3) is 0.500. The number of aryl methyl sites for hydroxylation is 1. The minimum Gasteiger partial charge on any atom is -0.464 e. The Bertz CT molecular complexity index is 376. The Morgan fingerprint density at radius 1 is 1.73 bits per heavy atom. The molecule has 0 aliphatic carbocycles. The van der Waals surface area contributed by atoms with Crippen LogP contribution >= 0.6 is 0 Å². The molecule has 0 radical (unpaired) electrons. The van der Waals surface area contributed by atoms with Gasteiger partial charge in [0.15, 0.2) is 5.69 Å². The Hall–Kier alpha value is -1.50. The smallest absolute Gasteiger partial charge is 0.358 e. The number of hydrogen-bond acceptors (Lipinski definition) is 4. The fourth-order valence-electron chi connectivity index (χ4n) is 1.09. The standard InChI is InChI=1S/C8H10F2N2O3/c1-12-6(8(9,10)4-13)3-5(11-12)7(14)15-2/h3,13H,4H2,1-2H3. The second kappa shape index (κ2) is 3.93. The number of carbonyl (C=O) groups excluding carboxylic acids is 1. The number of aliphatic hydroxyl groups excluding tert-OH is 1. The van der Waals surface area contributed by atoms with Crippen molar-refractivity contribution in [1.82, 2.24) is 9.78 Å². The monoisotopic (exact) mass is 220 g/mol. The van der Waals surface area contributed by atoms with Gasteiger partial charge in [-0.1, -0.05) is 0 Å². The first kappa shape index (κ1) is 11.6. The number of hydrogen-bond donors (Lipinski definition) is 1. The molecular formula is C8H10F2N2O3. The number of ether oxygens (including phenoxy) is 1. The van der Waals surface area contributed by atoms with Gasteiger partial charge in [0, 0.05) is 13.1 Å². The molecule has 1 rings (SSSR count). The van der Waals surface area contributed by atoms with Crippen LogP contribution in [0.4, 0.5) is 8.78 Å². The molecule has 0 aliphatic rings. The van der Waals surface area contributed by atoms with E-state index in [1.54, 1.807) is 0 Å². The number of esters is 1. The van der Waals surface area contributed by atoms with E-state index in [1.807, 2.05) is 0 Å². The summed E-state index contributed by atoms with van der Waals surface area (Å²) in [7, 11) is 2.38. The Morgan fingerprint density at radius 2 is 2.33 bits per heavy atom. The average molecular weight is 220 g/mol. The van der Waals surface area contributed by atoms with E-state index in [0.29, 0.717) is 0 Å². The van der Waals surface area contributed by atoms with Gasteiger partial charge in [0.05, 0.1) is 7.11 Å². The number of aromatic nitrogens is 2. The lowest BCUT2D eigenvalue weighted by Gasteiger charge is -2.12. The van der Waals surface area contributed by atoms with Gasteiger partial charge < -0.3 is 9.84 Å². The van der Waals surface area contributed by atoms with E-state index in [1.165, 1.54) is 7.05 Å². The molecular weight excluding hydrogens is 210 g/mol. The van der Waals surface area contributed by atoms with Crippen molar-refractivity contribution in [3.05, 3.63) is 17.5 Å². The number of carbonyl (C=O) groups is 1. The number of aliphatic hydroxyl groups is 1. The molecule has 1 heterocycles. The molecule has 1 N–H and O–H groups in total.